The maximum atomic E-state index is 11.6. The molecule has 0 fully saturated rings. The van der Waals surface area contributed by atoms with E-state index >= 15 is 0 Å². The molecular weight excluding hydrogens is 254 g/mol. The van der Waals surface area contributed by atoms with Gasteiger partial charge >= 0.3 is 11.9 Å². The predicted octanol–water partition coefficient (Wildman–Crippen LogP) is 1.60. The van der Waals surface area contributed by atoms with Crippen molar-refractivity contribution < 1.29 is 28.7 Å². The summed E-state index contributed by atoms with van der Waals surface area (Å²) < 4.78 is 14.4. The maximum absolute atomic E-state index is 11.6. The molecule has 7 nitrogen and oxygen atoms in total. The summed E-state index contributed by atoms with van der Waals surface area (Å²) in [5, 5.41) is 11.9. The molecule has 7 heteroatoms. The second-order valence-electron chi connectivity index (χ2n) is 3.45. The standard InChI is InChI=1S/C12H9NO6/c1-17-7-2-4-8(5-3-7)18-12(16)9-6-10(11(14)15)19-13-9/h2-6H,1H3,(H,14,15). The summed E-state index contributed by atoms with van der Waals surface area (Å²) in [4.78, 5) is 22.2. The highest BCUT2D eigenvalue weighted by Crippen LogP contribution is 2.18. The minimum atomic E-state index is -1.31. The highest BCUT2D eigenvalue weighted by molar-refractivity contribution is 5.92. The Morgan fingerprint density at radius 1 is 1.21 bits per heavy atom. The summed E-state index contributed by atoms with van der Waals surface area (Å²) in [6.07, 6.45) is 0. The SMILES string of the molecule is COc1ccc(OC(=O)c2cc(C(=O)O)on2)cc1. The minimum Gasteiger partial charge on any atom is -0.497 e. The Morgan fingerprint density at radius 2 is 1.84 bits per heavy atom. The third-order valence-corrected chi connectivity index (χ3v) is 2.20. The fraction of sp³-hybridized carbons (Fsp3) is 0.0833. The lowest BCUT2D eigenvalue weighted by atomic mass is 10.3. The van der Waals surface area contributed by atoms with E-state index in [2.05, 4.69) is 9.68 Å². The van der Waals surface area contributed by atoms with Gasteiger partial charge in [-0.1, -0.05) is 5.16 Å². The molecule has 0 saturated heterocycles. The second-order valence-corrected chi connectivity index (χ2v) is 3.45. The highest BCUT2D eigenvalue weighted by atomic mass is 16.5. The fourth-order valence-corrected chi connectivity index (χ4v) is 1.28. The number of aromatic nitrogens is 1. The molecule has 1 aromatic heterocycles. The van der Waals surface area contributed by atoms with Gasteiger partial charge in [-0.15, -0.1) is 0 Å². The molecule has 0 bridgehead atoms. The first kappa shape index (κ1) is 12.6. The molecule has 0 aliphatic carbocycles. The number of ether oxygens (including phenoxy) is 2. The van der Waals surface area contributed by atoms with E-state index in [0.29, 0.717) is 5.75 Å². The number of methoxy groups -OCH3 is 1. The molecule has 0 aliphatic heterocycles. The van der Waals surface area contributed by atoms with E-state index in [9.17, 15) is 9.59 Å². The van der Waals surface area contributed by atoms with Gasteiger partial charge in [-0.3, -0.25) is 0 Å². The number of nitrogens with zero attached hydrogens (tertiary/aromatic N) is 1. The van der Waals surface area contributed by atoms with Crippen LogP contribution in [0.25, 0.3) is 0 Å². The molecule has 2 aromatic rings. The largest absolute Gasteiger partial charge is 0.497 e. The topological polar surface area (TPSA) is 98.9 Å². The summed E-state index contributed by atoms with van der Waals surface area (Å²) in [5.41, 5.74) is -0.215. The molecule has 1 heterocycles. The number of rotatable bonds is 4. The minimum absolute atomic E-state index is 0.215. The Bertz CT molecular complexity index is 601. The van der Waals surface area contributed by atoms with Crippen molar-refractivity contribution in [1.82, 2.24) is 5.16 Å². The number of esters is 1. The van der Waals surface area contributed by atoms with Gasteiger partial charge in [0.2, 0.25) is 5.76 Å². The first-order chi connectivity index (χ1) is 9.10. The zero-order chi connectivity index (χ0) is 13.8. The fourth-order valence-electron chi connectivity index (χ4n) is 1.28. The third kappa shape index (κ3) is 2.89. The monoisotopic (exact) mass is 263 g/mol. The van der Waals surface area contributed by atoms with E-state index in [1.165, 1.54) is 19.2 Å². The van der Waals surface area contributed by atoms with Gasteiger partial charge in [0.1, 0.15) is 11.5 Å². The van der Waals surface area contributed by atoms with Crippen LogP contribution in [0.4, 0.5) is 0 Å². The van der Waals surface area contributed by atoms with Crippen molar-refractivity contribution >= 4 is 11.9 Å². The van der Waals surface area contributed by atoms with E-state index in [0.717, 1.165) is 6.07 Å². The van der Waals surface area contributed by atoms with Crippen LogP contribution in [-0.4, -0.2) is 29.3 Å². The average molecular weight is 263 g/mol. The van der Waals surface area contributed by atoms with Crippen LogP contribution in [0.2, 0.25) is 0 Å². The molecular formula is C12H9NO6. The highest BCUT2D eigenvalue weighted by Gasteiger charge is 2.18. The first-order valence-corrected chi connectivity index (χ1v) is 5.16. The Morgan fingerprint density at radius 3 is 2.37 bits per heavy atom. The van der Waals surface area contributed by atoms with Crippen LogP contribution in [0.15, 0.2) is 34.9 Å². The van der Waals surface area contributed by atoms with Gasteiger partial charge < -0.3 is 19.1 Å². The third-order valence-electron chi connectivity index (χ3n) is 2.20. The number of hydrogen-bond acceptors (Lipinski definition) is 6. The number of benzene rings is 1. The molecule has 0 radical (unpaired) electrons. The van der Waals surface area contributed by atoms with Crippen LogP contribution < -0.4 is 9.47 Å². The zero-order valence-corrected chi connectivity index (χ0v) is 9.82. The van der Waals surface area contributed by atoms with Crippen LogP contribution in [-0.2, 0) is 0 Å². The number of carbonyl (C=O) groups is 2. The van der Waals surface area contributed by atoms with Gasteiger partial charge in [-0.25, -0.2) is 9.59 Å². The smallest absolute Gasteiger partial charge is 0.374 e. The van der Waals surface area contributed by atoms with Crippen molar-refractivity contribution in [3.05, 3.63) is 41.8 Å². The summed E-state index contributed by atoms with van der Waals surface area (Å²) in [5.74, 6) is -1.64. The molecule has 1 aromatic carbocycles. The van der Waals surface area contributed by atoms with Crippen molar-refractivity contribution in [3.8, 4) is 11.5 Å². The number of carbonyl (C=O) groups excluding carboxylic acids is 1. The predicted molar refractivity (Wildman–Crippen MR) is 61.4 cm³/mol. The van der Waals surface area contributed by atoms with E-state index in [1.54, 1.807) is 12.1 Å². The van der Waals surface area contributed by atoms with E-state index < -0.39 is 17.7 Å². The molecule has 19 heavy (non-hydrogen) atoms. The summed E-state index contributed by atoms with van der Waals surface area (Å²) in [6, 6.07) is 7.31. The lowest BCUT2D eigenvalue weighted by molar-refractivity contribution is 0.0647. The normalized spacial score (nSPS) is 9.95. The lowest BCUT2D eigenvalue weighted by Crippen LogP contribution is -2.08. The van der Waals surface area contributed by atoms with Gasteiger partial charge in [0.15, 0.2) is 5.69 Å². The molecule has 98 valence electrons. The van der Waals surface area contributed by atoms with Crippen molar-refractivity contribution in [2.45, 2.75) is 0 Å². The summed E-state index contributed by atoms with van der Waals surface area (Å²) >= 11 is 0. The van der Waals surface area contributed by atoms with E-state index in [-0.39, 0.29) is 11.4 Å². The van der Waals surface area contributed by atoms with Crippen molar-refractivity contribution in [1.29, 1.82) is 0 Å². The molecule has 0 atom stereocenters. The number of hydrogen-bond donors (Lipinski definition) is 1. The van der Waals surface area contributed by atoms with Gasteiger partial charge in [0.05, 0.1) is 7.11 Å². The second kappa shape index (κ2) is 5.21. The number of carboxylic acid groups (broad SMARTS) is 1. The molecule has 0 unspecified atom stereocenters. The Kier molecular flexibility index (Phi) is 3.46. The van der Waals surface area contributed by atoms with Gasteiger partial charge in [-0.2, -0.15) is 0 Å². The summed E-state index contributed by atoms with van der Waals surface area (Å²) in [7, 11) is 1.52. The van der Waals surface area contributed by atoms with Crippen molar-refractivity contribution in [2.24, 2.45) is 0 Å². The van der Waals surface area contributed by atoms with Crippen LogP contribution in [0.5, 0.6) is 11.5 Å². The average Bonchev–Trinajstić information content (AvgIpc) is 2.89. The molecule has 0 amide bonds. The van der Waals surface area contributed by atoms with Crippen molar-refractivity contribution in [2.75, 3.05) is 7.11 Å². The lowest BCUT2D eigenvalue weighted by Gasteiger charge is -2.03. The van der Waals surface area contributed by atoms with E-state index in [4.69, 9.17) is 14.6 Å². The van der Waals surface area contributed by atoms with Crippen LogP contribution in [0, 0.1) is 0 Å². The molecule has 0 saturated carbocycles. The van der Waals surface area contributed by atoms with E-state index in [1.807, 2.05) is 0 Å². The quantitative estimate of drug-likeness (QED) is 0.660. The Balaban J connectivity index is 2.08. The molecule has 1 N–H and O–H groups in total. The van der Waals surface area contributed by atoms with Gasteiger partial charge in [0.25, 0.3) is 0 Å². The van der Waals surface area contributed by atoms with Crippen LogP contribution in [0.3, 0.4) is 0 Å². The zero-order valence-electron chi connectivity index (χ0n) is 9.82. The Hall–Kier alpha value is -2.83. The molecule has 2 rings (SSSR count). The van der Waals surface area contributed by atoms with Crippen LogP contribution in [0.1, 0.15) is 21.0 Å². The maximum Gasteiger partial charge on any atom is 0.374 e. The van der Waals surface area contributed by atoms with Gasteiger partial charge in [0, 0.05) is 6.07 Å². The number of carboxylic acids is 1. The van der Waals surface area contributed by atoms with Crippen LogP contribution >= 0.6 is 0 Å². The molecule has 0 aliphatic rings. The Labute approximate surface area is 107 Å². The number of aromatic carboxylic acids is 1. The summed E-state index contributed by atoms with van der Waals surface area (Å²) in [6.45, 7) is 0. The van der Waals surface area contributed by atoms with Crippen molar-refractivity contribution in [3.63, 3.8) is 0 Å². The first-order valence-electron chi connectivity index (χ1n) is 5.16. The van der Waals surface area contributed by atoms with Gasteiger partial charge in [-0.05, 0) is 24.3 Å². The molecule has 0 spiro atoms.